The number of sulfone groups is 1. The molecule has 2 heterocycles. The third-order valence-corrected chi connectivity index (χ3v) is 7.22. The Bertz CT molecular complexity index is 703. The summed E-state index contributed by atoms with van der Waals surface area (Å²) in [4.78, 5) is 1.38. The van der Waals surface area contributed by atoms with Crippen LogP contribution < -0.4 is 11.1 Å². The second-order valence-electron chi connectivity index (χ2n) is 5.34. The third kappa shape index (κ3) is 3.38. The molecule has 0 atom stereocenters. The molecule has 0 aliphatic heterocycles. The molecule has 0 amide bonds. The molecule has 21 heavy (non-hydrogen) atoms. The Hall–Kier alpha value is -1.12. The molecule has 0 saturated heterocycles. The van der Waals surface area contributed by atoms with Crippen LogP contribution in [-0.4, -0.2) is 25.1 Å². The minimum Gasteiger partial charge on any atom is -0.382 e. The molecule has 8 heteroatoms. The second-order valence-corrected chi connectivity index (χ2v) is 9.28. The van der Waals surface area contributed by atoms with Gasteiger partial charge in [-0.2, -0.15) is 4.37 Å². The van der Waals surface area contributed by atoms with Gasteiger partial charge >= 0.3 is 0 Å². The molecular formula is C13H19N3O2S3. The minimum atomic E-state index is -3.37. The predicted molar refractivity (Wildman–Crippen MR) is 90.1 cm³/mol. The first kappa shape index (κ1) is 16.3. The number of hydrogen-bond donors (Lipinski definition) is 2. The van der Waals surface area contributed by atoms with Gasteiger partial charge in [-0.25, -0.2) is 8.42 Å². The lowest BCUT2D eigenvalue weighted by molar-refractivity contribution is 0.568. The van der Waals surface area contributed by atoms with Gasteiger partial charge in [-0.15, -0.1) is 11.3 Å². The fourth-order valence-electron chi connectivity index (χ4n) is 1.90. The van der Waals surface area contributed by atoms with Crippen molar-refractivity contribution < 1.29 is 8.42 Å². The van der Waals surface area contributed by atoms with Crippen LogP contribution in [0.1, 0.15) is 25.6 Å². The summed E-state index contributed by atoms with van der Waals surface area (Å²) in [6.45, 7) is 6.45. The molecule has 0 aliphatic carbocycles. The van der Waals surface area contributed by atoms with Crippen molar-refractivity contribution in [1.82, 2.24) is 4.37 Å². The van der Waals surface area contributed by atoms with E-state index in [9.17, 15) is 8.42 Å². The van der Waals surface area contributed by atoms with E-state index >= 15 is 0 Å². The molecule has 0 radical (unpaired) electrons. The van der Waals surface area contributed by atoms with Gasteiger partial charge in [-0.1, -0.05) is 26.8 Å². The van der Waals surface area contributed by atoms with Crippen molar-refractivity contribution >= 4 is 43.5 Å². The number of rotatable bonds is 6. The Labute approximate surface area is 133 Å². The Morgan fingerprint density at radius 1 is 1.43 bits per heavy atom. The topological polar surface area (TPSA) is 85.1 Å². The SMILES string of the molecule is CCS(=O)(=O)c1c(N)nsc1NCC(C)(C)c1cccs1. The number of aromatic nitrogens is 1. The number of thiophene rings is 1. The van der Waals surface area contributed by atoms with E-state index in [0.29, 0.717) is 11.5 Å². The molecule has 0 unspecified atom stereocenters. The molecule has 5 nitrogen and oxygen atoms in total. The summed E-state index contributed by atoms with van der Waals surface area (Å²) in [5, 5.41) is 5.77. The molecule has 3 N–H and O–H groups in total. The highest BCUT2D eigenvalue weighted by Gasteiger charge is 2.27. The molecule has 116 valence electrons. The van der Waals surface area contributed by atoms with Gasteiger partial charge in [0, 0.05) is 16.8 Å². The molecule has 0 bridgehead atoms. The highest BCUT2D eigenvalue weighted by molar-refractivity contribution is 7.91. The summed E-state index contributed by atoms with van der Waals surface area (Å²) in [6.07, 6.45) is 0. The Balaban J connectivity index is 2.22. The van der Waals surface area contributed by atoms with Crippen LogP contribution in [0.4, 0.5) is 10.8 Å². The average molecular weight is 346 g/mol. The van der Waals surface area contributed by atoms with Crippen LogP contribution in [0, 0.1) is 0 Å². The number of nitrogen functional groups attached to an aromatic ring is 1. The average Bonchev–Trinajstić information content (AvgIpc) is 3.06. The Morgan fingerprint density at radius 3 is 2.71 bits per heavy atom. The standard InChI is InChI=1S/C13H19N3O2S3/c1-4-21(17,18)10-11(14)16-20-12(10)15-8-13(2,3)9-6-5-7-19-9/h5-7,15H,4,8H2,1-3H3,(H2,14,16). The summed E-state index contributed by atoms with van der Waals surface area (Å²) >= 11 is 2.78. The van der Waals surface area contributed by atoms with Gasteiger partial charge in [0.2, 0.25) is 0 Å². The predicted octanol–water partition coefficient (Wildman–Crippen LogP) is 2.97. The van der Waals surface area contributed by atoms with Crippen molar-refractivity contribution in [2.75, 3.05) is 23.3 Å². The summed E-state index contributed by atoms with van der Waals surface area (Å²) in [7, 11) is -3.37. The monoisotopic (exact) mass is 345 g/mol. The summed E-state index contributed by atoms with van der Waals surface area (Å²) < 4.78 is 28.2. The highest BCUT2D eigenvalue weighted by atomic mass is 32.2. The molecule has 0 fully saturated rings. The molecule has 0 aliphatic rings. The second kappa shape index (κ2) is 5.94. The Morgan fingerprint density at radius 2 is 2.14 bits per heavy atom. The number of hydrogen-bond acceptors (Lipinski definition) is 7. The lowest BCUT2D eigenvalue weighted by atomic mass is 9.91. The smallest absolute Gasteiger partial charge is 0.184 e. The zero-order chi connectivity index (χ0) is 15.7. The van der Waals surface area contributed by atoms with E-state index in [1.54, 1.807) is 18.3 Å². The molecule has 0 aromatic carbocycles. The molecular weight excluding hydrogens is 326 g/mol. The number of nitrogens with two attached hydrogens (primary N) is 1. The maximum atomic E-state index is 12.1. The molecule has 2 aromatic rings. The van der Waals surface area contributed by atoms with Gasteiger partial charge in [0.1, 0.15) is 9.90 Å². The van der Waals surface area contributed by atoms with E-state index in [1.807, 2.05) is 11.4 Å². The first-order valence-corrected chi connectivity index (χ1v) is 9.84. The van der Waals surface area contributed by atoms with Gasteiger partial charge in [0.15, 0.2) is 15.7 Å². The van der Waals surface area contributed by atoms with Crippen LogP contribution in [0.5, 0.6) is 0 Å². The van der Waals surface area contributed by atoms with Crippen LogP contribution in [0.3, 0.4) is 0 Å². The quantitative estimate of drug-likeness (QED) is 0.841. The van der Waals surface area contributed by atoms with Gasteiger partial charge in [-0.05, 0) is 23.0 Å². The van der Waals surface area contributed by atoms with E-state index in [1.165, 1.54) is 4.88 Å². The van der Waals surface area contributed by atoms with E-state index in [0.717, 1.165) is 11.5 Å². The van der Waals surface area contributed by atoms with Crippen molar-refractivity contribution in [3.05, 3.63) is 22.4 Å². The lowest BCUT2D eigenvalue weighted by Gasteiger charge is -2.24. The summed E-state index contributed by atoms with van der Waals surface area (Å²) in [6, 6.07) is 4.09. The van der Waals surface area contributed by atoms with Crippen molar-refractivity contribution in [1.29, 1.82) is 0 Å². The first-order chi connectivity index (χ1) is 9.78. The fraction of sp³-hybridized carbons (Fsp3) is 0.462. The molecule has 2 rings (SSSR count). The first-order valence-electron chi connectivity index (χ1n) is 6.53. The third-order valence-electron chi connectivity index (χ3n) is 3.24. The zero-order valence-corrected chi connectivity index (χ0v) is 14.7. The zero-order valence-electron chi connectivity index (χ0n) is 12.2. The lowest BCUT2D eigenvalue weighted by Crippen LogP contribution is -2.26. The maximum Gasteiger partial charge on any atom is 0.184 e. The van der Waals surface area contributed by atoms with Crippen LogP contribution in [0.15, 0.2) is 22.4 Å². The van der Waals surface area contributed by atoms with E-state index < -0.39 is 9.84 Å². The van der Waals surface area contributed by atoms with E-state index in [2.05, 4.69) is 29.6 Å². The van der Waals surface area contributed by atoms with Gasteiger partial charge in [0.25, 0.3) is 0 Å². The largest absolute Gasteiger partial charge is 0.382 e. The number of nitrogens with one attached hydrogen (secondary N) is 1. The minimum absolute atomic E-state index is 0.0125. The van der Waals surface area contributed by atoms with Gasteiger partial charge in [-0.3, -0.25) is 0 Å². The highest BCUT2D eigenvalue weighted by Crippen LogP contribution is 2.34. The van der Waals surface area contributed by atoms with Crippen molar-refractivity contribution in [3.63, 3.8) is 0 Å². The van der Waals surface area contributed by atoms with Crippen LogP contribution in [-0.2, 0) is 15.3 Å². The summed E-state index contributed by atoms with van der Waals surface area (Å²) in [5.74, 6) is 0.0943. The van der Waals surface area contributed by atoms with Gasteiger partial charge in [0.05, 0.1) is 5.75 Å². The number of nitrogens with zero attached hydrogens (tertiary/aromatic N) is 1. The van der Waals surface area contributed by atoms with Gasteiger partial charge < -0.3 is 11.1 Å². The van der Waals surface area contributed by atoms with Crippen LogP contribution >= 0.6 is 22.9 Å². The fourth-order valence-corrected chi connectivity index (χ4v) is 4.92. The van der Waals surface area contributed by atoms with Crippen molar-refractivity contribution in [2.24, 2.45) is 0 Å². The Kier molecular flexibility index (Phi) is 4.60. The molecule has 0 saturated carbocycles. The molecule has 0 spiro atoms. The van der Waals surface area contributed by atoms with Crippen LogP contribution in [0.2, 0.25) is 0 Å². The maximum absolute atomic E-state index is 12.1. The normalized spacial score (nSPS) is 12.5. The number of anilines is 2. The van der Waals surface area contributed by atoms with Crippen molar-refractivity contribution in [2.45, 2.75) is 31.1 Å². The van der Waals surface area contributed by atoms with Crippen LogP contribution in [0.25, 0.3) is 0 Å². The van der Waals surface area contributed by atoms with Crippen molar-refractivity contribution in [3.8, 4) is 0 Å². The molecule has 2 aromatic heterocycles. The van der Waals surface area contributed by atoms with E-state index in [-0.39, 0.29) is 21.9 Å². The summed E-state index contributed by atoms with van der Waals surface area (Å²) in [5.41, 5.74) is 5.62. The van der Waals surface area contributed by atoms with E-state index in [4.69, 9.17) is 5.73 Å².